The first-order chi connectivity index (χ1) is 9.97. The van der Waals surface area contributed by atoms with E-state index in [0.717, 1.165) is 36.3 Å². The molecule has 1 unspecified atom stereocenters. The van der Waals surface area contributed by atoms with Gasteiger partial charge < -0.3 is 15.4 Å². The van der Waals surface area contributed by atoms with Gasteiger partial charge in [0.15, 0.2) is 6.10 Å². The van der Waals surface area contributed by atoms with Crippen LogP contribution in [-0.2, 0) is 11.3 Å². The molecule has 1 fully saturated rings. The van der Waals surface area contributed by atoms with Crippen molar-refractivity contribution in [1.82, 2.24) is 10.6 Å². The van der Waals surface area contributed by atoms with Crippen molar-refractivity contribution in [2.75, 3.05) is 0 Å². The Morgan fingerprint density at radius 1 is 1.33 bits per heavy atom. The second-order valence-corrected chi connectivity index (χ2v) is 6.14. The number of ether oxygens (including phenoxy) is 1. The third-order valence-corrected chi connectivity index (χ3v) is 3.58. The first-order valence-corrected chi connectivity index (χ1v) is 7.76. The summed E-state index contributed by atoms with van der Waals surface area (Å²) >= 11 is 0. The quantitative estimate of drug-likeness (QED) is 0.811. The topological polar surface area (TPSA) is 50.4 Å². The molecule has 0 heterocycles. The number of hydrogen-bond donors (Lipinski definition) is 2. The van der Waals surface area contributed by atoms with Crippen LogP contribution in [0.25, 0.3) is 0 Å². The lowest BCUT2D eigenvalue weighted by Crippen LogP contribution is -2.37. The molecule has 21 heavy (non-hydrogen) atoms. The number of nitrogens with one attached hydrogen (secondary N) is 2. The molecule has 0 aliphatic heterocycles. The van der Waals surface area contributed by atoms with Crippen LogP contribution in [0.3, 0.4) is 0 Å². The maximum absolute atomic E-state index is 12.0. The van der Waals surface area contributed by atoms with E-state index in [1.807, 2.05) is 32.0 Å². The number of para-hydroxylation sites is 1. The van der Waals surface area contributed by atoms with E-state index in [0.29, 0.717) is 12.1 Å². The van der Waals surface area contributed by atoms with Gasteiger partial charge in [0, 0.05) is 24.2 Å². The fraction of sp³-hybridized carbons (Fsp3) is 0.588. The zero-order valence-corrected chi connectivity index (χ0v) is 13.4. The standard InChI is InChI=1S/C17H26N2O2/c1-11(2)18-10-14-7-5-6-12(3)16(14)21-13(4)17(20)19-15-8-9-15/h5-7,11,13,15,18H,8-10H2,1-4H3,(H,19,20). The third-order valence-electron chi connectivity index (χ3n) is 3.58. The highest BCUT2D eigenvalue weighted by Gasteiger charge is 2.26. The molecule has 1 aromatic rings. The first kappa shape index (κ1) is 15.8. The van der Waals surface area contributed by atoms with E-state index in [1.54, 1.807) is 0 Å². The van der Waals surface area contributed by atoms with Crippen LogP contribution in [0.1, 0.15) is 44.7 Å². The van der Waals surface area contributed by atoms with Crippen molar-refractivity contribution in [3.63, 3.8) is 0 Å². The highest BCUT2D eigenvalue weighted by atomic mass is 16.5. The Bertz CT molecular complexity index is 496. The predicted molar refractivity (Wildman–Crippen MR) is 84.4 cm³/mol. The van der Waals surface area contributed by atoms with Crippen molar-refractivity contribution in [2.24, 2.45) is 0 Å². The summed E-state index contributed by atoms with van der Waals surface area (Å²) in [6.45, 7) is 8.79. The summed E-state index contributed by atoms with van der Waals surface area (Å²) < 4.78 is 5.95. The molecule has 0 spiro atoms. The Balaban J connectivity index is 2.04. The molecular formula is C17H26N2O2. The number of carbonyl (C=O) groups excluding carboxylic acids is 1. The molecule has 1 saturated carbocycles. The zero-order valence-electron chi connectivity index (χ0n) is 13.4. The van der Waals surface area contributed by atoms with Crippen molar-refractivity contribution < 1.29 is 9.53 Å². The predicted octanol–water partition coefficient (Wildman–Crippen LogP) is 2.54. The van der Waals surface area contributed by atoms with Gasteiger partial charge in [0.1, 0.15) is 5.75 Å². The average molecular weight is 290 g/mol. The van der Waals surface area contributed by atoms with Crippen LogP contribution >= 0.6 is 0 Å². The van der Waals surface area contributed by atoms with Gasteiger partial charge in [-0.15, -0.1) is 0 Å². The molecule has 1 atom stereocenters. The molecule has 4 nitrogen and oxygen atoms in total. The van der Waals surface area contributed by atoms with Gasteiger partial charge in [-0.05, 0) is 32.3 Å². The van der Waals surface area contributed by atoms with Crippen molar-refractivity contribution >= 4 is 5.91 Å². The van der Waals surface area contributed by atoms with E-state index in [1.165, 1.54) is 0 Å². The minimum absolute atomic E-state index is 0.0245. The molecule has 1 aliphatic rings. The molecular weight excluding hydrogens is 264 g/mol. The fourth-order valence-electron chi connectivity index (χ4n) is 2.11. The Morgan fingerprint density at radius 3 is 2.67 bits per heavy atom. The normalized spacial score (nSPS) is 15.9. The lowest BCUT2D eigenvalue weighted by molar-refractivity contribution is -0.127. The summed E-state index contributed by atoms with van der Waals surface area (Å²) in [4.78, 5) is 12.0. The molecule has 2 N–H and O–H groups in total. The van der Waals surface area contributed by atoms with E-state index in [2.05, 4.69) is 24.5 Å². The SMILES string of the molecule is Cc1cccc(CNC(C)C)c1OC(C)C(=O)NC1CC1. The fourth-order valence-corrected chi connectivity index (χ4v) is 2.11. The van der Waals surface area contributed by atoms with Crippen LogP contribution in [0, 0.1) is 6.92 Å². The van der Waals surface area contributed by atoms with Gasteiger partial charge in [-0.2, -0.15) is 0 Å². The summed E-state index contributed by atoms with van der Waals surface area (Å²) in [5.41, 5.74) is 2.15. The molecule has 1 aromatic carbocycles. The van der Waals surface area contributed by atoms with Crippen LogP contribution in [0.2, 0.25) is 0 Å². The van der Waals surface area contributed by atoms with Gasteiger partial charge in [0.25, 0.3) is 5.91 Å². The second kappa shape index (κ2) is 6.94. The zero-order chi connectivity index (χ0) is 15.4. The Labute approximate surface area is 127 Å². The van der Waals surface area contributed by atoms with Crippen LogP contribution in [0.15, 0.2) is 18.2 Å². The average Bonchev–Trinajstić information content (AvgIpc) is 3.23. The van der Waals surface area contributed by atoms with Gasteiger partial charge in [0.05, 0.1) is 0 Å². The molecule has 2 rings (SSSR count). The largest absolute Gasteiger partial charge is 0.480 e. The number of aryl methyl sites for hydroxylation is 1. The summed E-state index contributed by atoms with van der Waals surface area (Å²) in [6, 6.07) is 6.86. The van der Waals surface area contributed by atoms with E-state index in [9.17, 15) is 4.79 Å². The van der Waals surface area contributed by atoms with Gasteiger partial charge >= 0.3 is 0 Å². The van der Waals surface area contributed by atoms with Crippen molar-refractivity contribution in [2.45, 2.75) is 65.3 Å². The lowest BCUT2D eigenvalue weighted by Gasteiger charge is -2.20. The third kappa shape index (κ3) is 4.74. The maximum atomic E-state index is 12.0. The minimum Gasteiger partial charge on any atom is -0.480 e. The van der Waals surface area contributed by atoms with Crippen molar-refractivity contribution in [3.8, 4) is 5.75 Å². The highest BCUT2D eigenvalue weighted by molar-refractivity contribution is 5.81. The van der Waals surface area contributed by atoms with Gasteiger partial charge in [-0.25, -0.2) is 0 Å². The molecule has 4 heteroatoms. The number of benzene rings is 1. The molecule has 1 amide bonds. The summed E-state index contributed by atoms with van der Waals surface area (Å²) in [6.07, 6.45) is 1.71. The van der Waals surface area contributed by atoms with E-state index < -0.39 is 6.10 Å². The van der Waals surface area contributed by atoms with Crippen LogP contribution < -0.4 is 15.4 Å². The van der Waals surface area contributed by atoms with E-state index in [4.69, 9.17) is 4.74 Å². The number of rotatable bonds is 7. The first-order valence-electron chi connectivity index (χ1n) is 7.76. The van der Waals surface area contributed by atoms with Crippen LogP contribution in [0.5, 0.6) is 5.75 Å². The second-order valence-electron chi connectivity index (χ2n) is 6.14. The molecule has 1 aliphatic carbocycles. The van der Waals surface area contributed by atoms with Crippen LogP contribution in [0.4, 0.5) is 0 Å². The molecule has 0 aromatic heterocycles. The van der Waals surface area contributed by atoms with Crippen molar-refractivity contribution in [1.29, 1.82) is 0 Å². The van der Waals surface area contributed by atoms with Gasteiger partial charge in [-0.3, -0.25) is 4.79 Å². The monoisotopic (exact) mass is 290 g/mol. The van der Waals surface area contributed by atoms with Crippen molar-refractivity contribution in [3.05, 3.63) is 29.3 Å². The van der Waals surface area contributed by atoms with E-state index >= 15 is 0 Å². The number of hydrogen-bond acceptors (Lipinski definition) is 3. The number of carbonyl (C=O) groups is 1. The van der Waals surface area contributed by atoms with Gasteiger partial charge in [-0.1, -0.05) is 32.0 Å². The Kier molecular flexibility index (Phi) is 5.23. The maximum Gasteiger partial charge on any atom is 0.260 e. The summed E-state index contributed by atoms with van der Waals surface area (Å²) in [7, 11) is 0. The molecule has 0 bridgehead atoms. The van der Waals surface area contributed by atoms with Crippen LogP contribution in [-0.4, -0.2) is 24.1 Å². The molecule has 0 saturated heterocycles. The Hall–Kier alpha value is -1.55. The van der Waals surface area contributed by atoms with Gasteiger partial charge in [0.2, 0.25) is 0 Å². The highest BCUT2D eigenvalue weighted by Crippen LogP contribution is 2.25. The van der Waals surface area contributed by atoms with E-state index in [-0.39, 0.29) is 5.91 Å². The lowest BCUT2D eigenvalue weighted by atomic mass is 10.1. The molecule has 0 radical (unpaired) electrons. The Morgan fingerprint density at radius 2 is 2.05 bits per heavy atom. The minimum atomic E-state index is -0.468. The summed E-state index contributed by atoms with van der Waals surface area (Å²) in [5, 5.41) is 6.38. The summed E-state index contributed by atoms with van der Waals surface area (Å²) in [5.74, 6) is 0.799. The number of amides is 1. The smallest absolute Gasteiger partial charge is 0.260 e. The molecule has 116 valence electrons.